The molecule has 1 heterocycles. The molecule has 3 rings (SSSR count). The zero-order valence-electron chi connectivity index (χ0n) is 14.0. The lowest BCUT2D eigenvalue weighted by atomic mass is 9.69. The third-order valence-corrected chi connectivity index (χ3v) is 5.44. The summed E-state index contributed by atoms with van der Waals surface area (Å²) in [7, 11) is 0. The van der Waals surface area contributed by atoms with Gasteiger partial charge in [0.25, 0.3) is 0 Å². The first-order valence-corrected chi connectivity index (χ1v) is 9.12. The molecule has 1 aromatic carbocycles. The Morgan fingerprint density at radius 1 is 1.48 bits per heavy atom. The lowest BCUT2D eigenvalue weighted by molar-refractivity contribution is 0.364. The second-order valence-corrected chi connectivity index (χ2v) is 8.02. The number of hydrogen-bond donors (Lipinski definition) is 1. The number of phenols is 1. The Morgan fingerprint density at radius 3 is 2.96 bits per heavy atom. The van der Waals surface area contributed by atoms with E-state index in [1.54, 1.807) is 6.07 Å². The number of benzene rings is 1. The van der Waals surface area contributed by atoms with Gasteiger partial charge in [0.15, 0.2) is 5.50 Å². The highest BCUT2D eigenvalue weighted by Crippen LogP contribution is 2.43. The fourth-order valence-corrected chi connectivity index (χ4v) is 4.17. The van der Waals surface area contributed by atoms with Crippen LogP contribution >= 0.6 is 11.8 Å². The van der Waals surface area contributed by atoms with Crippen LogP contribution in [0.2, 0.25) is 0 Å². The van der Waals surface area contributed by atoms with Crippen molar-refractivity contribution in [2.24, 2.45) is 10.4 Å². The van der Waals surface area contributed by atoms with Crippen molar-refractivity contribution in [1.29, 1.82) is 0 Å². The van der Waals surface area contributed by atoms with Gasteiger partial charge >= 0.3 is 0 Å². The van der Waals surface area contributed by atoms with Gasteiger partial charge in [0.2, 0.25) is 0 Å². The summed E-state index contributed by atoms with van der Waals surface area (Å²) in [5, 5.41) is 9.82. The normalized spacial score (nSPS) is 21.9. The molecule has 1 aliphatic carbocycles. The third-order valence-electron chi connectivity index (χ3n) is 4.43. The summed E-state index contributed by atoms with van der Waals surface area (Å²) in [6, 6.07) is 5.65. The maximum Gasteiger partial charge on any atom is 0.169 e. The smallest absolute Gasteiger partial charge is 0.169 e. The lowest BCUT2D eigenvalue weighted by Crippen LogP contribution is -2.40. The molecule has 2 aliphatic rings. The van der Waals surface area contributed by atoms with Gasteiger partial charge in [0.1, 0.15) is 5.75 Å². The summed E-state index contributed by atoms with van der Waals surface area (Å²) in [4.78, 5) is 7.34. The van der Waals surface area contributed by atoms with Crippen molar-refractivity contribution in [3.8, 4) is 5.75 Å². The average molecular weight is 328 g/mol. The van der Waals surface area contributed by atoms with E-state index in [2.05, 4.69) is 38.5 Å². The number of nitrogens with zero attached hydrogens (tertiary/aromatic N) is 2. The van der Waals surface area contributed by atoms with Crippen molar-refractivity contribution in [2.75, 3.05) is 12.3 Å². The Morgan fingerprint density at radius 2 is 2.26 bits per heavy atom. The molecule has 0 aromatic heterocycles. The zero-order valence-corrected chi connectivity index (χ0v) is 14.9. The molecule has 0 fully saturated rings. The van der Waals surface area contributed by atoms with E-state index in [0.29, 0.717) is 5.75 Å². The zero-order chi connectivity index (χ0) is 16.6. The first-order chi connectivity index (χ1) is 11.0. The number of thioether (sulfide) groups is 1. The van der Waals surface area contributed by atoms with Gasteiger partial charge in [-0.1, -0.05) is 26.8 Å². The van der Waals surface area contributed by atoms with Crippen LogP contribution in [0.15, 0.2) is 47.6 Å². The van der Waals surface area contributed by atoms with Crippen LogP contribution in [0, 0.1) is 5.41 Å². The van der Waals surface area contributed by atoms with Crippen molar-refractivity contribution in [3.63, 3.8) is 0 Å². The van der Waals surface area contributed by atoms with Gasteiger partial charge in [-0.3, -0.25) is 0 Å². The van der Waals surface area contributed by atoms with E-state index in [1.165, 1.54) is 11.1 Å². The summed E-state index contributed by atoms with van der Waals surface area (Å²) < 4.78 is 0. The number of phenolic OH excluding ortho intramolecular Hbond substituents is 1. The third kappa shape index (κ3) is 2.92. The Bertz CT molecular complexity index is 691. The largest absolute Gasteiger partial charge is 0.508 e. The summed E-state index contributed by atoms with van der Waals surface area (Å²) in [5.74, 6) is 1.35. The monoisotopic (exact) mass is 328 g/mol. The van der Waals surface area contributed by atoms with Gasteiger partial charge in [-0.05, 0) is 46.9 Å². The number of aromatic hydroxyl groups is 1. The van der Waals surface area contributed by atoms with Gasteiger partial charge in [-0.15, -0.1) is 18.3 Å². The van der Waals surface area contributed by atoms with Gasteiger partial charge < -0.3 is 10.0 Å². The molecule has 0 bridgehead atoms. The molecule has 1 aliphatic heterocycles. The molecule has 1 aromatic rings. The summed E-state index contributed by atoms with van der Waals surface area (Å²) >= 11 is 1.83. The van der Waals surface area contributed by atoms with Crippen LogP contribution in [0.1, 0.15) is 31.9 Å². The number of hydrogen-bond acceptors (Lipinski definition) is 4. The number of rotatable bonds is 4. The maximum absolute atomic E-state index is 9.82. The predicted octanol–water partition coefficient (Wildman–Crippen LogP) is 4.19. The molecular formula is C19H24N2OS. The van der Waals surface area contributed by atoms with Crippen molar-refractivity contribution in [2.45, 2.75) is 32.7 Å². The van der Waals surface area contributed by atoms with Crippen LogP contribution in [-0.2, 0) is 6.42 Å². The molecule has 122 valence electrons. The molecule has 23 heavy (non-hydrogen) atoms. The van der Waals surface area contributed by atoms with Crippen molar-refractivity contribution in [3.05, 3.63) is 53.8 Å². The standard InChI is InChI=1S/C19H24N2OS/c1-5-9-21-12-16-17(20-18(21)23-6-2)15-8-7-14(22)10-13(15)11-19(16,3)4/h5,7-8,10,12,18,22H,1,6,9,11H2,2-4H3. The van der Waals surface area contributed by atoms with E-state index >= 15 is 0 Å². The Kier molecular flexibility index (Phi) is 4.28. The highest BCUT2D eigenvalue weighted by atomic mass is 32.2. The average Bonchev–Trinajstić information content (AvgIpc) is 2.48. The molecule has 0 spiro atoms. The number of fused-ring (bicyclic) bond motifs is 3. The molecule has 1 N–H and O–H groups in total. The van der Waals surface area contributed by atoms with Gasteiger partial charge in [0, 0.05) is 18.3 Å². The van der Waals surface area contributed by atoms with Crippen LogP contribution < -0.4 is 0 Å². The van der Waals surface area contributed by atoms with Crippen LogP contribution in [0.3, 0.4) is 0 Å². The molecule has 1 unspecified atom stereocenters. The topological polar surface area (TPSA) is 35.8 Å². The van der Waals surface area contributed by atoms with Crippen LogP contribution in [-0.4, -0.2) is 33.5 Å². The molecular weight excluding hydrogens is 304 g/mol. The minimum atomic E-state index is 0.000891. The fraction of sp³-hybridized carbons (Fsp3) is 0.421. The minimum absolute atomic E-state index is 0.000891. The SMILES string of the molecule is C=CCN1C=C2C(=NC1SCC)c1ccc(O)cc1CC2(C)C. The summed E-state index contributed by atoms with van der Waals surface area (Å²) in [6.45, 7) is 11.3. The number of aliphatic imine (C=N–C) groups is 1. The molecule has 0 radical (unpaired) electrons. The van der Waals surface area contributed by atoms with Gasteiger partial charge in [-0.2, -0.15) is 0 Å². The Hall–Kier alpha value is -1.68. The molecule has 3 nitrogen and oxygen atoms in total. The highest BCUT2D eigenvalue weighted by molar-refractivity contribution is 7.99. The first-order valence-electron chi connectivity index (χ1n) is 8.07. The van der Waals surface area contributed by atoms with Crippen LogP contribution in [0.4, 0.5) is 0 Å². The molecule has 0 saturated carbocycles. The summed E-state index contributed by atoms with van der Waals surface area (Å²) in [5.41, 5.74) is 4.80. The summed E-state index contributed by atoms with van der Waals surface area (Å²) in [6.07, 6.45) is 5.12. The minimum Gasteiger partial charge on any atom is -0.508 e. The van der Waals surface area contributed by atoms with Crippen LogP contribution in [0.5, 0.6) is 5.75 Å². The van der Waals surface area contributed by atoms with E-state index < -0.39 is 0 Å². The Balaban J connectivity index is 2.12. The highest BCUT2D eigenvalue weighted by Gasteiger charge is 2.38. The van der Waals surface area contributed by atoms with E-state index in [9.17, 15) is 5.11 Å². The Labute approximate surface area is 142 Å². The van der Waals surface area contributed by atoms with E-state index in [4.69, 9.17) is 4.99 Å². The van der Waals surface area contributed by atoms with E-state index in [1.807, 2.05) is 30.0 Å². The first kappa shape index (κ1) is 16.2. The molecule has 4 heteroatoms. The van der Waals surface area contributed by atoms with Crippen molar-refractivity contribution < 1.29 is 5.11 Å². The maximum atomic E-state index is 9.82. The van der Waals surface area contributed by atoms with E-state index in [-0.39, 0.29) is 10.9 Å². The lowest BCUT2D eigenvalue weighted by Gasteiger charge is -2.41. The second kappa shape index (κ2) is 6.08. The van der Waals surface area contributed by atoms with Gasteiger partial charge in [0.05, 0.1) is 5.71 Å². The van der Waals surface area contributed by atoms with Crippen molar-refractivity contribution >= 4 is 17.5 Å². The molecule has 0 saturated heterocycles. The quantitative estimate of drug-likeness (QED) is 0.842. The fourth-order valence-electron chi connectivity index (χ4n) is 3.36. The second-order valence-electron chi connectivity index (χ2n) is 6.69. The molecule has 1 atom stereocenters. The molecule has 0 amide bonds. The van der Waals surface area contributed by atoms with E-state index in [0.717, 1.165) is 30.0 Å². The van der Waals surface area contributed by atoms with Crippen LogP contribution in [0.25, 0.3) is 0 Å². The number of allylic oxidation sites excluding steroid dienone is 1. The van der Waals surface area contributed by atoms with Crippen molar-refractivity contribution in [1.82, 2.24) is 4.90 Å². The predicted molar refractivity (Wildman–Crippen MR) is 99.0 cm³/mol. The van der Waals surface area contributed by atoms with Gasteiger partial charge in [-0.25, -0.2) is 4.99 Å².